The molecule has 0 atom stereocenters. The van der Waals surface area contributed by atoms with Crippen LogP contribution in [0.2, 0.25) is 0 Å². The predicted molar refractivity (Wildman–Crippen MR) is 46.7 cm³/mol. The first-order valence-corrected chi connectivity index (χ1v) is 3.92. The molecule has 0 amide bonds. The Morgan fingerprint density at radius 1 is 1.50 bits per heavy atom. The van der Waals surface area contributed by atoms with Gasteiger partial charge in [-0.2, -0.15) is 0 Å². The summed E-state index contributed by atoms with van der Waals surface area (Å²) in [6.07, 6.45) is 1.71. The van der Waals surface area contributed by atoms with Crippen molar-refractivity contribution in [3.05, 3.63) is 17.8 Å². The van der Waals surface area contributed by atoms with E-state index in [0.717, 1.165) is 11.3 Å². The molecule has 0 aliphatic rings. The zero-order chi connectivity index (χ0) is 8.97. The quantitative estimate of drug-likeness (QED) is 0.687. The normalized spacial score (nSPS) is 9.58. The molecule has 0 saturated carbocycles. The van der Waals surface area contributed by atoms with Crippen molar-refractivity contribution in [3.63, 3.8) is 0 Å². The van der Waals surface area contributed by atoms with E-state index in [9.17, 15) is 0 Å². The second-order valence-electron chi connectivity index (χ2n) is 2.40. The lowest BCUT2D eigenvalue weighted by molar-refractivity contribution is 0.297. The van der Waals surface area contributed by atoms with Crippen molar-refractivity contribution in [2.45, 2.75) is 13.8 Å². The molecule has 0 aliphatic heterocycles. The van der Waals surface area contributed by atoms with E-state index < -0.39 is 0 Å². The summed E-state index contributed by atoms with van der Waals surface area (Å²) >= 11 is 0. The summed E-state index contributed by atoms with van der Waals surface area (Å²) in [5.41, 5.74) is 1.04. The maximum Gasteiger partial charge on any atom is 0.257 e. The molecule has 0 unspecified atom stereocenters. The molecular weight excluding hydrogens is 154 g/mol. The van der Waals surface area contributed by atoms with E-state index in [2.05, 4.69) is 4.98 Å². The van der Waals surface area contributed by atoms with Crippen LogP contribution < -0.4 is 9.47 Å². The van der Waals surface area contributed by atoms with Crippen molar-refractivity contribution in [2.24, 2.45) is 0 Å². The number of rotatable bonds is 3. The average Bonchev–Trinajstić information content (AvgIpc) is 2.05. The molecular formula is C9H13NO2. The fourth-order valence-electron chi connectivity index (χ4n) is 1.01. The van der Waals surface area contributed by atoms with E-state index in [1.54, 1.807) is 13.3 Å². The van der Waals surface area contributed by atoms with Gasteiger partial charge < -0.3 is 9.47 Å². The zero-order valence-electron chi connectivity index (χ0n) is 7.63. The molecule has 0 aromatic carbocycles. The van der Waals surface area contributed by atoms with Crippen LogP contribution in [-0.2, 0) is 0 Å². The third-order valence-electron chi connectivity index (χ3n) is 1.55. The van der Waals surface area contributed by atoms with Gasteiger partial charge in [-0.05, 0) is 25.5 Å². The van der Waals surface area contributed by atoms with Gasteiger partial charge in [0.05, 0.1) is 13.7 Å². The second-order valence-corrected chi connectivity index (χ2v) is 2.40. The molecule has 1 aromatic rings. The summed E-state index contributed by atoms with van der Waals surface area (Å²) in [6.45, 7) is 4.49. The molecule has 0 N–H and O–H groups in total. The number of hydrogen-bond acceptors (Lipinski definition) is 3. The van der Waals surface area contributed by atoms with E-state index in [4.69, 9.17) is 9.47 Å². The van der Waals surface area contributed by atoms with Gasteiger partial charge in [0.2, 0.25) is 0 Å². The second kappa shape index (κ2) is 3.95. The lowest BCUT2D eigenvalue weighted by Gasteiger charge is -2.09. The maximum atomic E-state index is 5.27. The summed E-state index contributed by atoms with van der Waals surface area (Å²) in [5.74, 6) is 1.29. The first-order chi connectivity index (χ1) is 5.79. The molecule has 66 valence electrons. The van der Waals surface area contributed by atoms with Crippen LogP contribution in [0.5, 0.6) is 11.6 Å². The number of pyridine rings is 1. The van der Waals surface area contributed by atoms with Crippen LogP contribution >= 0.6 is 0 Å². The van der Waals surface area contributed by atoms with Gasteiger partial charge in [-0.3, -0.25) is 0 Å². The van der Waals surface area contributed by atoms with Crippen LogP contribution in [0.15, 0.2) is 12.3 Å². The minimum absolute atomic E-state index is 0.569. The number of nitrogens with zero attached hydrogens (tertiary/aromatic N) is 1. The van der Waals surface area contributed by atoms with Crippen LogP contribution in [0.4, 0.5) is 0 Å². The third kappa shape index (κ3) is 1.67. The fourth-order valence-corrected chi connectivity index (χ4v) is 1.01. The minimum Gasteiger partial charge on any atom is -0.491 e. The Kier molecular flexibility index (Phi) is 2.91. The fraction of sp³-hybridized carbons (Fsp3) is 0.444. The molecule has 0 spiro atoms. The molecule has 0 fully saturated rings. The van der Waals surface area contributed by atoms with Crippen molar-refractivity contribution in [3.8, 4) is 11.6 Å². The van der Waals surface area contributed by atoms with Crippen molar-refractivity contribution < 1.29 is 9.47 Å². The molecule has 3 nitrogen and oxygen atoms in total. The summed E-state index contributed by atoms with van der Waals surface area (Å²) < 4.78 is 10.4. The van der Waals surface area contributed by atoms with E-state index in [1.165, 1.54) is 0 Å². The van der Waals surface area contributed by atoms with Crippen molar-refractivity contribution in [1.29, 1.82) is 0 Å². The standard InChI is InChI=1S/C9H13NO2/c1-4-12-9-8(11-3)7(2)5-6-10-9/h5-6H,4H2,1-3H3. The van der Waals surface area contributed by atoms with Crippen molar-refractivity contribution >= 4 is 0 Å². The molecule has 0 saturated heterocycles. The van der Waals surface area contributed by atoms with Gasteiger partial charge in [0, 0.05) is 6.20 Å². The minimum atomic E-state index is 0.569. The van der Waals surface area contributed by atoms with Crippen molar-refractivity contribution in [1.82, 2.24) is 4.98 Å². The van der Waals surface area contributed by atoms with Crippen LogP contribution in [0.3, 0.4) is 0 Å². The van der Waals surface area contributed by atoms with E-state index in [-0.39, 0.29) is 0 Å². The third-order valence-corrected chi connectivity index (χ3v) is 1.55. The van der Waals surface area contributed by atoms with Gasteiger partial charge in [-0.15, -0.1) is 0 Å². The Labute approximate surface area is 72.3 Å². The average molecular weight is 167 g/mol. The van der Waals surface area contributed by atoms with Crippen LogP contribution in [0.25, 0.3) is 0 Å². The number of methoxy groups -OCH3 is 1. The summed E-state index contributed by atoms with van der Waals surface area (Å²) in [6, 6.07) is 1.89. The van der Waals surface area contributed by atoms with Gasteiger partial charge >= 0.3 is 0 Å². The van der Waals surface area contributed by atoms with Gasteiger partial charge in [0.1, 0.15) is 0 Å². The molecule has 0 aliphatic carbocycles. The zero-order valence-corrected chi connectivity index (χ0v) is 7.63. The lowest BCUT2D eigenvalue weighted by atomic mass is 10.3. The first-order valence-electron chi connectivity index (χ1n) is 3.92. The number of ether oxygens (including phenoxy) is 2. The van der Waals surface area contributed by atoms with Gasteiger partial charge in [-0.25, -0.2) is 4.98 Å². The summed E-state index contributed by atoms with van der Waals surface area (Å²) in [4.78, 5) is 4.05. The highest BCUT2D eigenvalue weighted by atomic mass is 16.5. The summed E-state index contributed by atoms with van der Waals surface area (Å²) in [5, 5.41) is 0. The molecule has 1 aromatic heterocycles. The Morgan fingerprint density at radius 3 is 2.83 bits per heavy atom. The summed E-state index contributed by atoms with van der Waals surface area (Å²) in [7, 11) is 1.62. The highest BCUT2D eigenvalue weighted by Crippen LogP contribution is 2.27. The molecule has 3 heteroatoms. The first kappa shape index (κ1) is 8.84. The van der Waals surface area contributed by atoms with Gasteiger partial charge in [0.25, 0.3) is 5.88 Å². The SMILES string of the molecule is CCOc1nccc(C)c1OC. The largest absolute Gasteiger partial charge is 0.491 e. The molecule has 0 radical (unpaired) electrons. The number of aryl methyl sites for hydroxylation is 1. The smallest absolute Gasteiger partial charge is 0.257 e. The Bertz CT molecular complexity index is 261. The number of hydrogen-bond donors (Lipinski definition) is 0. The topological polar surface area (TPSA) is 31.4 Å². The number of aromatic nitrogens is 1. The highest BCUT2D eigenvalue weighted by molar-refractivity contribution is 5.40. The van der Waals surface area contributed by atoms with Crippen molar-refractivity contribution in [2.75, 3.05) is 13.7 Å². The van der Waals surface area contributed by atoms with Gasteiger partial charge in [0.15, 0.2) is 5.75 Å². The van der Waals surface area contributed by atoms with E-state index in [0.29, 0.717) is 12.5 Å². The van der Waals surface area contributed by atoms with Crippen LogP contribution in [-0.4, -0.2) is 18.7 Å². The predicted octanol–water partition coefficient (Wildman–Crippen LogP) is 1.80. The Morgan fingerprint density at radius 2 is 2.25 bits per heavy atom. The molecule has 1 rings (SSSR count). The maximum absolute atomic E-state index is 5.27. The molecule has 1 heterocycles. The van der Waals surface area contributed by atoms with E-state index >= 15 is 0 Å². The Balaban J connectivity index is 3.00. The molecule has 0 bridgehead atoms. The monoisotopic (exact) mass is 167 g/mol. The van der Waals surface area contributed by atoms with Crippen LogP contribution in [0, 0.1) is 6.92 Å². The Hall–Kier alpha value is -1.25. The molecule has 12 heavy (non-hydrogen) atoms. The lowest BCUT2D eigenvalue weighted by Crippen LogP contribution is -1.98. The van der Waals surface area contributed by atoms with E-state index in [1.807, 2.05) is 19.9 Å². The van der Waals surface area contributed by atoms with Crippen LogP contribution in [0.1, 0.15) is 12.5 Å². The van der Waals surface area contributed by atoms with Gasteiger partial charge in [-0.1, -0.05) is 0 Å². The highest BCUT2D eigenvalue weighted by Gasteiger charge is 2.06.